The summed E-state index contributed by atoms with van der Waals surface area (Å²) < 4.78 is 14.7. The first-order chi connectivity index (χ1) is 8.90. The summed E-state index contributed by atoms with van der Waals surface area (Å²) in [4.78, 5) is 33.0. The van der Waals surface area contributed by atoms with Crippen LogP contribution in [0.2, 0.25) is 0 Å². The van der Waals surface area contributed by atoms with Crippen molar-refractivity contribution in [1.29, 1.82) is 0 Å². The minimum Gasteiger partial charge on any atom is -0.426 e. The fourth-order valence-electron chi connectivity index (χ4n) is 1.26. The third-order valence-electron chi connectivity index (χ3n) is 1.90. The van der Waals surface area contributed by atoms with E-state index < -0.39 is 17.9 Å². The van der Waals surface area contributed by atoms with E-state index in [1.165, 1.54) is 32.0 Å². The van der Waals surface area contributed by atoms with Crippen LogP contribution in [0.15, 0.2) is 18.2 Å². The molecule has 0 atom stereocenters. The Morgan fingerprint density at radius 3 is 1.53 bits per heavy atom. The van der Waals surface area contributed by atoms with Crippen molar-refractivity contribution in [1.82, 2.24) is 0 Å². The zero-order chi connectivity index (χ0) is 14.4. The number of ether oxygens (including phenoxy) is 3. The van der Waals surface area contributed by atoms with Gasteiger partial charge in [-0.15, -0.1) is 0 Å². The maximum atomic E-state index is 11.2. The number of carbonyl (C=O) groups excluding carboxylic acids is 3. The minimum absolute atomic E-state index is 0.130. The molecule has 0 aromatic heterocycles. The van der Waals surface area contributed by atoms with Crippen molar-refractivity contribution < 1.29 is 28.6 Å². The Labute approximate surface area is 110 Å². The summed E-state index contributed by atoms with van der Waals surface area (Å²) in [5.41, 5.74) is 0. The van der Waals surface area contributed by atoms with Crippen LogP contribution in [0.5, 0.6) is 17.2 Å². The lowest BCUT2D eigenvalue weighted by Crippen LogP contribution is -2.08. The molecule has 1 aromatic carbocycles. The number of rotatable bonds is 4. The van der Waals surface area contributed by atoms with Crippen molar-refractivity contribution >= 4 is 17.9 Å². The standard InChI is InChI=1S/C13H14O6/c1-4-13(16)19-12-6-10(17-8(2)14)5-11(7-12)18-9(3)15/h5-7H,4H2,1-3H3. The van der Waals surface area contributed by atoms with E-state index in [-0.39, 0.29) is 23.7 Å². The molecule has 19 heavy (non-hydrogen) atoms. The van der Waals surface area contributed by atoms with Crippen LogP contribution < -0.4 is 14.2 Å². The molecular weight excluding hydrogens is 252 g/mol. The summed E-state index contributed by atoms with van der Waals surface area (Å²) in [6.45, 7) is 4.11. The predicted molar refractivity (Wildman–Crippen MR) is 65.0 cm³/mol. The van der Waals surface area contributed by atoms with Gasteiger partial charge in [0, 0.05) is 38.5 Å². The number of benzene rings is 1. The van der Waals surface area contributed by atoms with Gasteiger partial charge in [-0.2, -0.15) is 0 Å². The van der Waals surface area contributed by atoms with Gasteiger partial charge >= 0.3 is 17.9 Å². The van der Waals surface area contributed by atoms with Crippen LogP contribution in [0.3, 0.4) is 0 Å². The Bertz CT molecular complexity index is 472. The van der Waals surface area contributed by atoms with Crippen molar-refractivity contribution in [3.63, 3.8) is 0 Å². The van der Waals surface area contributed by atoms with Crippen LogP contribution in [0.25, 0.3) is 0 Å². The molecule has 0 radical (unpaired) electrons. The van der Waals surface area contributed by atoms with Gasteiger partial charge in [0.1, 0.15) is 17.2 Å². The second-order valence-corrected chi connectivity index (χ2v) is 3.66. The molecule has 0 bridgehead atoms. The molecule has 102 valence electrons. The lowest BCUT2D eigenvalue weighted by molar-refractivity contribution is -0.134. The second-order valence-electron chi connectivity index (χ2n) is 3.66. The number of esters is 3. The maximum Gasteiger partial charge on any atom is 0.310 e. The van der Waals surface area contributed by atoms with Gasteiger partial charge in [0.2, 0.25) is 0 Å². The van der Waals surface area contributed by atoms with Crippen molar-refractivity contribution in [3.05, 3.63) is 18.2 Å². The number of carbonyl (C=O) groups is 3. The molecule has 0 fully saturated rings. The molecule has 0 aliphatic heterocycles. The summed E-state index contributed by atoms with van der Waals surface area (Å²) in [5.74, 6) is -1.12. The zero-order valence-corrected chi connectivity index (χ0v) is 10.9. The van der Waals surface area contributed by atoms with Crippen molar-refractivity contribution in [3.8, 4) is 17.2 Å². The molecular formula is C13H14O6. The van der Waals surface area contributed by atoms with E-state index in [0.29, 0.717) is 0 Å². The molecule has 0 saturated carbocycles. The molecule has 6 nitrogen and oxygen atoms in total. The summed E-state index contributed by atoms with van der Waals surface area (Å²) in [7, 11) is 0. The number of hydrogen-bond donors (Lipinski definition) is 0. The molecule has 0 spiro atoms. The fraction of sp³-hybridized carbons (Fsp3) is 0.308. The Morgan fingerprint density at radius 2 is 1.21 bits per heavy atom. The average Bonchev–Trinajstić information content (AvgIpc) is 2.26. The third-order valence-corrected chi connectivity index (χ3v) is 1.90. The van der Waals surface area contributed by atoms with E-state index in [4.69, 9.17) is 14.2 Å². The smallest absolute Gasteiger partial charge is 0.310 e. The van der Waals surface area contributed by atoms with E-state index in [1.54, 1.807) is 6.92 Å². The Morgan fingerprint density at radius 1 is 0.842 bits per heavy atom. The van der Waals surface area contributed by atoms with Gasteiger partial charge in [-0.3, -0.25) is 14.4 Å². The normalized spacial score (nSPS) is 9.63. The van der Waals surface area contributed by atoms with Crippen LogP contribution in [0.1, 0.15) is 27.2 Å². The van der Waals surface area contributed by atoms with Crippen LogP contribution in [-0.4, -0.2) is 17.9 Å². The Balaban J connectivity index is 3.04. The highest BCUT2D eigenvalue weighted by Gasteiger charge is 2.10. The van der Waals surface area contributed by atoms with Gasteiger partial charge in [0.25, 0.3) is 0 Å². The first-order valence-corrected chi connectivity index (χ1v) is 5.63. The van der Waals surface area contributed by atoms with Crippen molar-refractivity contribution in [2.24, 2.45) is 0 Å². The Kier molecular flexibility index (Phi) is 5.05. The molecule has 0 heterocycles. The SMILES string of the molecule is CCC(=O)Oc1cc(OC(C)=O)cc(OC(C)=O)c1. The van der Waals surface area contributed by atoms with Gasteiger partial charge in [0.05, 0.1) is 0 Å². The monoisotopic (exact) mass is 266 g/mol. The third kappa shape index (κ3) is 5.20. The first-order valence-electron chi connectivity index (χ1n) is 5.63. The summed E-state index contributed by atoms with van der Waals surface area (Å²) in [6.07, 6.45) is 0.195. The van der Waals surface area contributed by atoms with Gasteiger partial charge in [0.15, 0.2) is 0 Å². The van der Waals surface area contributed by atoms with E-state index in [1.807, 2.05) is 0 Å². The van der Waals surface area contributed by atoms with Crippen LogP contribution in [0.4, 0.5) is 0 Å². The van der Waals surface area contributed by atoms with Crippen LogP contribution in [-0.2, 0) is 14.4 Å². The van der Waals surface area contributed by atoms with Gasteiger partial charge in [-0.05, 0) is 0 Å². The molecule has 0 amide bonds. The minimum atomic E-state index is -0.534. The van der Waals surface area contributed by atoms with Gasteiger partial charge < -0.3 is 14.2 Å². The predicted octanol–water partition coefficient (Wildman–Crippen LogP) is 1.85. The largest absolute Gasteiger partial charge is 0.426 e. The van der Waals surface area contributed by atoms with E-state index in [2.05, 4.69) is 0 Å². The summed E-state index contributed by atoms with van der Waals surface area (Å²) >= 11 is 0. The zero-order valence-electron chi connectivity index (χ0n) is 10.9. The topological polar surface area (TPSA) is 78.9 Å². The number of hydrogen-bond acceptors (Lipinski definition) is 6. The average molecular weight is 266 g/mol. The summed E-state index contributed by atoms with van der Waals surface area (Å²) in [5, 5.41) is 0. The van der Waals surface area contributed by atoms with Crippen molar-refractivity contribution in [2.45, 2.75) is 27.2 Å². The highest BCUT2D eigenvalue weighted by Crippen LogP contribution is 2.28. The van der Waals surface area contributed by atoms with Gasteiger partial charge in [-0.1, -0.05) is 6.92 Å². The van der Waals surface area contributed by atoms with Crippen LogP contribution in [0, 0.1) is 0 Å². The van der Waals surface area contributed by atoms with E-state index in [9.17, 15) is 14.4 Å². The first kappa shape index (κ1) is 14.7. The lowest BCUT2D eigenvalue weighted by atomic mass is 10.3. The molecule has 6 heteroatoms. The molecule has 0 aliphatic carbocycles. The molecule has 0 N–H and O–H groups in total. The van der Waals surface area contributed by atoms with E-state index >= 15 is 0 Å². The van der Waals surface area contributed by atoms with Gasteiger partial charge in [-0.25, -0.2) is 0 Å². The lowest BCUT2D eigenvalue weighted by Gasteiger charge is -2.09. The molecule has 1 rings (SSSR count). The summed E-state index contributed by atoms with van der Waals surface area (Å²) in [6, 6.07) is 4.08. The van der Waals surface area contributed by atoms with E-state index in [0.717, 1.165) is 0 Å². The Hall–Kier alpha value is -2.37. The quantitative estimate of drug-likeness (QED) is 0.611. The van der Waals surface area contributed by atoms with Crippen molar-refractivity contribution in [2.75, 3.05) is 0 Å². The maximum absolute atomic E-state index is 11.2. The highest BCUT2D eigenvalue weighted by atomic mass is 16.6. The molecule has 0 aliphatic rings. The fourth-order valence-corrected chi connectivity index (χ4v) is 1.26. The molecule has 1 aromatic rings. The molecule has 0 saturated heterocycles. The molecule has 0 unspecified atom stereocenters. The second kappa shape index (κ2) is 6.53. The van der Waals surface area contributed by atoms with Crippen LogP contribution >= 0.6 is 0 Å². The highest BCUT2D eigenvalue weighted by molar-refractivity contribution is 5.74.